The number of nitrogens with zero attached hydrogens (tertiary/aromatic N) is 4. The molecule has 2 fully saturated rings. The average Bonchev–Trinajstić information content (AvgIpc) is 3.56. The van der Waals surface area contributed by atoms with Gasteiger partial charge >= 0.3 is 0 Å². The van der Waals surface area contributed by atoms with Crippen LogP contribution in [0.25, 0.3) is 32.9 Å². The highest BCUT2D eigenvalue weighted by atomic mass is 19.2. The number of unbranched alkanes of at least 4 members (excludes halogenated alkanes) is 2. The van der Waals surface area contributed by atoms with E-state index in [4.69, 9.17) is 0 Å². The van der Waals surface area contributed by atoms with Crippen LogP contribution in [0.15, 0.2) is 30.5 Å². The lowest BCUT2D eigenvalue weighted by Gasteiger charge is -2.32. The van der Waals surface area contributed by atoms with Crippen LogP contribution in [-0.2, 0) is 6.42 Å². The summed E-state index contributed by atoms with van der Waals surface area (Å²) < 4.78 is 44.9. The highest BCUT2D eigenvalue weighted by Crippen LogP contribution is 2.42. The molecular formula is C36H47F3N4. The first-order chi connectivity index (χ1) is 20.7. The van der Waals surface area contributed by atoms with Crippen LogP contribution in [-0.4, -0.2) is 38.5 Å². The Morgan fingerprint density at radius 2 is 1.56 bits per heavy atom. The Bertz CT molecular complexity index is 1540. The maximum Gasteiger partial charge on any atom is 0.175 e. The molecule has 0 unspecified atom stereocenters. The van der Waals surface area contributed by atoms with E-state index in [1.807, 2.05) is 13.8 Å². The summed E-state index contributed by atoms with van der Waals surface area (Å²) in [5.41, 5.74) is 2.07. The first kappa shape index (κ1) is 32.8. The number of halogens is 3. The molecule has 0 radical (unpaired) electrons. The number of aromatic nitrogens is 3. The predicted octanol–water partition coefficient (Wildman–Crippen LogP) is 10.1. The van der Waals surface area contributed by atoms with Crippen molar-refractivity contribution in [2.45, 2.75) is 111 Å². The van der Waals surface area contributed by atoms with Gasteiger partial charge in [-0.15, -0.1) is 0 Å². The van der Waals surface area contributed by atoms with E-state index in [0.29, 0.717) is 28.7 Å². The molecule has 0 spiro atoms. The van der Waals surface area contributed by atoms with Gasteiger partial charge in [0.2, 0.25) is 0 Å². The summed E-state index contributed by atoms with van der Waals surface area (Å²) in [4.78, 5) is 16.2. The summed E-state index contributed by atoms with van der Waals surface area (Å²) in [6, 6.07) is 5.98. The van der Waals surface area contributed by atoms with Crippen LogP contribution >= 0.6 is 0 Å². The molecule has 4 aromatic rings. The van der Waals surface area contributed by atoms with E-state index in [0.717, 1.165) is 31.1 Å². The van der Waals surface area contributed by atoms with Crippen molar-refractivity contribution in [1.29, 1.82) is 0 Å². The lowest BCUT2D eigenvalue weighted by atomic mass is 9.88. The van der Waals surface area contributed by atoms with E-state index in [-0.39, 0.29) is 27.7 Å². The standard InChI is InChI=1S/C28H27F3N4.C5H12.C3H8/c1-16-13-18-5-6-21(29)24(30)23(18)19(14-16)26-25(31)27-20(15-32-26)17(2)33-22(34-27)7-10-28-8-3-11-35(28)12-4-9-28;1-3-5-4-2;1-3-2/h5-6,13-15H,3-4,7-12H2,1-2H3;3-5H2,1-2H3;3H2,1-2H3. The molecule has 6 rings (SSSR count). The van der Waals surface area contributed by atoms with E-state index < -0.39 is 17.5 Å². The lowest BCUT2D eigenvalue weighted by Crippen LogP contribution is -2.38. The van der Waals surface area contributed by atoms with Crippen molar-refractivity contribution in [3.05, 3.63) is 65.0 Å². The van der Waals surface area contributed by atoms with Gasteiger partial charge in [-0.25, -0.2) is 23.1 Å². The number of fused-ring (bicyclic) bond motifs is 3. The molecular weight excluding hydrogens is 545 g/mol. The Hall–Kier alpha value is -3.06. The third-order valence-corrected chi connectivity index (χ3v) is 8.66. The zero-order valence-electron chi connectivity index (χ0n) is 26.8. The van der Waals surface area contributed by atoms with Gasteiger partial charge in [-0.05, 0) is 82.1 Å². The Kier molecular flexibility index (Phi) is 11.2. The van der Waals surface area contributed by atoms with Crippen molar-refractivity contribution >= 4 is 21.7 Å². The zero-order valence-corrected chi connectivity index (χ0v) is 26.8. The van der Waals surface area contributed by atoms with Gasteiger partial charge in [-0.2, -0.15) is 0 Å². The predicted molar refractivity (Wildman–Crippen MR) is 172 cm³/mol. The Morgan fingerprint density at radius 3 is 2.19 bits per heavy atom. The van der Waals surface area contributed by atoms with Gasteiger partial charge in [0.05, 0.1) is 5.69 Å². The molecule has 7 heteroatoms. The van der Waals surface area contributed by atoms with Crippen LogP contribution in [0.5, 0.6) is 0 Å². The summed E-state index contributed by atoms with van der Waals surface area (Å²) in [6.07, 6.45) is 13.3. The molecule has 2 aromatic heterocycles. The molecule has 2 aromatic carbocycles. The maximum atomic E-state index is 16.0. The van der Waals surface area contributed by atoms with Crippen LogP contribution in [0.3, 0.4) is 0 Å². The van der Waals surface area contributed by atoms with Gasteiger partial charge in [-0.1, -0.05) is 65.5 Å². The summed E-state index contributed by atoms with van der Waals surface area (Å²) in [5.74, 6) is -2.00. The fourth-order valence-corrected chi connectivity index (χ4v) is 6.62. The Labute approximate surface area is 255 Å². The largest absolute Gasteiger partial charge is 0.298 e. The van der Waals surface area contributed by atoms with Gasteiger partial charge in [0.1, 0.15) is 17.0 Å². The summed E-state index contributed by atoms with van der Waals surface area (Å²) in [6.45, 7) is 14.7. The molecule has 2 aliphatic heterocycles. The molecule has 43 heavy (non-hydrogen) atoms. The van der Waals surface area contributed by atoms with Gasteiger partial charge in [0.15, 0.2) is 17.5 Å². The van der Waals surface area contributed by atoms with Crippen LogP contribution in [0.2, 0.25) is 0 Å². The SMILES string of the molecule is CCC.CCCCC.Cc1cc(-c2ncc3c(C)nc(CCC45CCCN4CCC5)nc3c2F)c2c(F)c(F)ccc2c1. The fourth-order valence-electron chi connectivity index (χ4n) is 6.62. The molecule has 0 aliphatic carbocycles. The Balaban J connectivity index is 0.000000474. The van der Waals surface area contributed by atoms with Crippen LogP contribution in [0.1, 0.15) is 103 Å². The molecule has 0 saturated carbocycles. The summed E-state index contributed by atoms with van der Waals surface area (Å²) >= 11 is 0. The van der Waals surface area contributed by atoms with Crippen LogP contribution in [0, 0.1) is 31.3 Å². The molecule has 0 amide bonds. The summed E-state index contributed by atoms with van der Waals surface area (Å²) in [5, 5.41) is 1.05. The minimum atomic E-state index is -1.00. The van der Waals surface area contributed by atoms with Crippen LogP contribution < -0.4 is 0 Å². The van der Waals surface area contributed by atoms with Gasteiger partial charge < -0.3 is 0 Å². The van der Waals surface area contributed by atoms with Gasteiger partial charge in [0, 0.05) is 34.5 Å². The van der Waals surface area contributed by atoms with E-state index >= 15 is 4.39 Å². The van der Waals surface area contributed by atoms with Crippen molar-refractivity contribution in [3.63, 3.8) is 0 Å². The number of aryl methyl sites for hydroxylation is 3. The normalized spacial score (nSPS) is 15.7. The number of pyridine rings is 1. The average molecular weight is 593 g/mol. The molecule has 0 atom stereocenters. The quantitative estimate of drug-likeness (QED) is 0.223. The number of benzene rings is 2. The molecule has 2 aliphatic rings. The second-order valence-corrected chi connectivity index (χ2v) is 12.2. The molecule has 0 N–H and O–H groups in total. The zero-order chi connectivity index (χ0) is 31.1. The topological polar surface area (TPSA) is 41.9 Å². The fraction of sp³-hybridized carbons (Fsp3) is 0.528. The highest BCUT2D eigenvalue weighted by Gasteiger charge is 2.43. The van der Waals surface area contributed by atoms with Crippen molar-refractivity contribution in [1.82, 2.24) is 19.9 Å². The molecule has 2 saturated heterocycles. The third kappa shape index (κ3) is 7.03. The van der Waals surface area contributed by atoms with Crippen molar-refractivity contribution in [2.24, 2.45) is 0 Å². The number of hydrogen-bond acceptors (Lipinski definition) is 4. The second-order valence-electron chi connectivity index (χ2n) is 12.2. The molecule has 4 heterocycles. The Morgan fingerprint density at radius 1 is 0.884 bits per heavy atom. The van der Waals surface area contributed by atoms with Crippen molar-refractivity contribution in [2.75, 3.05) is 13.1 Å². The van der Waals surface area contributed by atoms with E-state index in [9.17, 15) is 8.78 Å². The lowest BCUT2D eigenvalue weighted by molar-refractivity contribution is 0.181. The summed E-state index contributed by atoms with van der Waals surface area (Å²) in [7, 11) is 0. The minimum absolute atomic E-state index is 0.0222. The van der Waals surface area contributed by atoms with Crippen molar-refractivity contribution in [3.8, 4) is 11.3 Å². The van der Waals surface area contributed by atoms with Gasteiger partial charge in [-0.3, -0.25) is 9.88 Å². The van der Waals surface area contributed by atoms with E-state index in [1.165, 1.54) is 63.6 Å². The van der Waals surface area contributed by atoms with E-state index in [1.54, 1.807) is 12.1 Å². The molecule has 4 nitrogen and oxygen atoms in total. The monoisotopic (exact) mass is 592 g/mol. The smallest absolute Gasteiger partial charge is 0.175 e. The maximum absolute atomic E-state index is 16.0. The third-order valence-electron chi connectivity index (χ3n) is 8.66. The van der Waals surface area contributed by atoms with Crippen LogP contribution in [0.4, 0.5) is 13.2 Å². The van der Waals surface area contributed by atoms with Gasteiger partial charge in [0.25, 0.3) is 0 Å². The molecule has 0 bridgehead atoms. The van der Waals surface area contributed by atoms with E-state index in [2.05, 4.69) is 47.5 Å². The first-order valence-corrected chi connectivity index (χ1v) is 16.1. The molecule has 232 valence electrons. The highest BCUT2D eigenvalue weighted by molar-refractivity contribution is 5.98. The second kappa shape index (κ2) is 14.6. The minimum Gasteiger partial charge on any atom is -0.298 e. The number of rotatable bonds is 6. The van der Waals surface area contributed by atoms with Crippen molar-refractivity contribution < 1.29 is 13.2 Å². The number of hydrogen-bond donors (Lipinski definition) is 0. The first-order valence-electron chi connectivity index (χ1n) is 16.1.